The Balaban J connectivity index is 1.53. The highest BCUT2D eigenvalue weighted by molar-refractivity contribution is 5.92. The Kier molecular flexibility index (Phi) is 4.49. The fourth-order valence-electron chi connectivity index (χ4n) is 6.01. The lowest BCUT2D eigenvalue weighted by Gasteiger charge is -2.46. The van der Waals surface area contributed by atoms with Gasteiger partial charge in [-0.15, -0.1) is 5.10 Å². The number of carbonyl (C=O) groups excluding carboxylic acids is 1. The molecule has 164 valence electrons. The van der Waals surface area contributed by atoms with Gasteiger partial charge in [0, 0.05) is 13.1 Å². The number of hydrogen-bond donors (Lipinski definition) is 0. The summed E-state index contributed by atoms with van der Waals surface area (Å²) in [5.41, 5.74) is 0.470. The second-order valence-electron chi connectivity index (χ2n) is 9.87. The van der Waals surface area contributed by atoms with E-state index in [-0.39, 0.29) is 40.7 Å². The summed E-state index contributed by atoms with van der Waals surface area (Å²) in [7, 11) is 0. The van der Waals surface area contributed by atoms with Gasteiger partial charge in [0.15, 0.2) is 0 Å². The molecule has 5 rings (SSSR count). The zero-order valence-electron chi connectivity index (χ0n) is 18.3. The van der Waals surface area contributed by atoms with Crippen molar-refractivity contribution < 1.29 is 18.3 Å². The van der Waals surface area contributed by atoms with Gasteiger partial charge in [-0.25, -0.2) is 8.78 Å². The van der Waals surface area contributed by atoms with Crippen LogP contribution >= 0.6 is 0 Å². The summed E-state index contributed by atoms with van der Waals surface area (Å²) in [6.07, 6.45) is 1.75. The molecule has 0 radical (unpaired) electrons. The minimum Gasteiger partial charge on any atom is -0.372 e. The Bertz CT molecular complexity index is 1040. The number of halogens is 2. The average molecular weight is 427 g/mol. The Hall–Kier alpha value is -2.41. The maximum atomic E-state index is 14.3. The van der Waals surface area contributed by atoms with Gasteiger partial charge in [-0.3, -0.25) is 4.79 Å². The molecule has 7 heteroatoms. The predicted octanol–water partition coefficient (Wildman–Crippen LogP) is 4.21. The van der Waals surface area contributed by atoms with Crippen molar-refractivity contribution in [1.82, 2.24) is 15.1 Å². The molecule has 31 heavy (non-hydrogen) atoms. The Morgan fingerprint density at radius 1 is 1.19 bits per heavy atom. The van der Waals surface area contributed by atoms with Gasteiger partial charge in [-0.05, 0) is 61.8 Å². The minimum atomic E-state index is -0.755. The number of ether oxygens (including phenoxy) is 1. The fraction of sp³-hybridized carbons (Fsp3) is 0.542. The van der Waals surface area contributed by atoms with E-state index in [1.54, 1.807) is 6.07 Å². The van der Waals surface area contributed by atoms with E-state index in [2.05, 4.69) is 24.0 Å². The third-order valence-electron chi connectivity index (χ3n) is 7.57. The second kappa shape index (κ2) is 6.79. The zero-order valence-corrected chi connectivity index (χ0v) is 18.3. The van der Waals surface area contributed by atoms with Crippen LogP contribution in [0.3, 0.4) is 0 Å². The SMILES string of the molecule is CC(C)OC1CN(C(=O)C23CC[C@@H](c4cc(-c5c(F)cccc5F)nnc42)C3(C)C)C1. The van der Waals surface area contributed by atoms with Crippen molar-refractivity contribution in [2.75, 3.05) is 13.1 Å². The number of aromatic nitrogens is 2. The van der Waals surface area contributed by atoms with Crippen molar-refractivity contribution in [3.05, 3.63) is 47.2 Å². The Morgan fingerprint density at radius 3 is 2.52 bits per heavy atom. The summed E-state index contributed by atoms with van der Waals surface area (Å²) in [6, 6.07) is 5.50. The monoisotopic (exact) mass is 427 g/mol. The van der Waals surface area contributed by atoms with Gasteiger partial charge < -0.3 is 9.64 Å². The average Bonchev–Trinajstić information content (AvgIpc) is 3.05. The number of benzene rings is 1. The summed E-state index contributed by atoms with van der Waals surface area (Å²) < 4.78 is 34.5. The molecular formula is C24H27F2N3O2. The van der Waals surface area contributed by atoms with Gasteiger partial charge in [0.05, 0.1) is 34.6 Å². The standard InChI is InChI=1S/C24H27F2N3O2/c1-13(2)31-14-11-29(12-14)22(30)24-9-8-16(23(24,3)4)15-10-19(27-28-21(15)24)20-17(25)6-5-7-18(20)26/h5-7,10,13-14,16H,8-9,11-12H2,1-4H3/t16-,24?/m0/s1. The van der Waals surface area contributed by atoms with Crippen LogP contribution in [-0.2, 0) is 14.9 Å². The van der Waals surface area contributed by atoms with E-state index < -0.39 is 17.0 Å². The van der Waals surface area contributed by atoms with E-state index in [0.29, 0.717) is 25.2 Å². The van der Waals surface area contributed by atoms with E-state index >= 15 is 0 Å². The van der Waals surface area contributed by atoms with Crippen LogP contribution in [0.25, 0.3) is 11.3 Å². The van der Waals surface area contributed by atoms with E-state index in [9.17, 15) is 13.6 Å². The van der Waals surface area contributed by atoms with Crippen LogP contribution in [0.5, 0.6) is 0 Å². The molecule has 2 fully saturated rings. The van der Waals surface area contributed by atoms with Crippen LogP contribution in [0.4, 0.5) is 8.78 Å². The molecule has 1 saturated heterocycles. The second-order valence-corrected chi connectivity index (χ2v) is 9.87. The first-order valence-corrected chi connectivity index (χ1v) is 10.9. The molecule has 2 atom stereocenters. The van der Waals surface area contributed by atoms with Crippen LogP contribution in [0.1, 0.15) is 57.7 Å². The molecule has 2 heterocycles. The van der Waals surface area contributed by atoms with Crippen molar-refractivity contribution >= 4 is 5.91 Å². The number of fused-ring (bicyclic) bond motifs is 5. The molecular weight excluding hydrogens is 400 g/mol. The van der Waals surface area contributed by atoms with E-state index in [0.717, 1.165) is 12.0 Å². The molecule has 2 aromatic rings. The smallest absolute Gasteiger partial charge is 0.235 e. The van der Waals surface area contributed by atoms with E-state index in [4.69, 9.17) is 4.74 Å². The normalized spacial score (nSPS) is 26.3. The quantitative estimate of drug-likeness (QED) is 0.734. The molecule has 1 unspecified atom stereocenters. The van der Waals surface area contributed by atoms with E-state index in [1.807, 2.05) is 18.7 Å². The van der Waals surface area contributed by atoms with Crippen LogP contribution in [-0.4, -0.2) is 46.3 Å². The molecule has 1 saturated carbocycles. The van der Waals surface area contributed by atoms with Crippen LogP contribution in [0.2, 0.25) is 0 Å². The first-order valence-electron chi connectivity index (χ1n) is 10.9. The highest BCUT2D eigenvalue weighted by atomic mass is 19.1. The van der Waals surface area contributed by atoms with Gasteiger partial charge in [0.25, 0.3) is 0 Å². The molecule has 1 aliphatic heterocycles. The lowest BCUT2D eigenvalue weighted by atomic mass is 9.67. The van der Waals surface area contributed by atoms with Crippen molar-refractivity contribution in [2.24, 2.45) is 5.41 Å². The van der Waals surface area contributed by atoms with E-state index in [1.165, 1.54) is 18.2 Å². The maximum Gasteiger partial charge on any atom is 0.235 e. The summed E-state index contributed by atoms with van der Waals surface area (Å²) in [5, 5.41) is 8.62. The summed E-state index contributed by atoms with van der Waals surface area (Å²) in [6.45, 7) is 9.37. The Morgan fingerprint density at radius 2 is 1.87 bits per heavy atom. The van der Waals surface area contributed by atoms with Crippen molar-refractivity contribution in [3.8, 4) is 11.3 Å². The van der Waals surface area contributed by atoms with Gasteiger partial charge in [0.1, 0.15) is 11.6 Å². The van der Waals surface area contributed by atoms with Crippen LogP contribution < -0.4 is 0 Å². The summed E-state index contributed by atoms with van der Waals surface area (Å²) in [4.78, 5) is 15.6. The molecule has 1 aromatic carbocycles. The van der Waals surface area contributed by atoms with Gasteiger partial charge in [-0.2, -0.15) is 5.10 Å². The maximum absolute atomic E-state index is 14.3. The lowest BCUT2D eigenvalue weighted by molar-refractivity contribution is -0.157. The number of likely N-dealkylation sites (tertiary alicyclic amines) is 1. The topological polar surface area (TPSA) is 55.3 Å². The molecule has 1 aromatic heterocycles. The third kappa shape index (κ3) is 2.71. The zero-order chi connectivity index (χ0) is 22.1. The largest absolute Gasteiger partial charge is 0.372 e. The first kappa shape index (κ1) is 20.5. The number of nitrogens with zero attached hydrogens (tertiary/aromatic N) is 3. The first-order chi connectivity index (χ1) is 14.7. The number of carbonyl (C=O) groups is 1. The molecule has 0 N–H and O–H groups in total. The molecule has 3 aliphatic rings. The molecule has 1 amide bonds. The molecule has 0 spiro atoms. The fourth-order valence-corrected chi connectivity index (χ4v) is 6.01. The number of amides is 1. The predicted molar refractivity (Wildman–Crippen MR) is 111 cm³/mol. The van der Waals surface area contributed by atoms with Crippen molar-refractivity contribution in [2.45, 2.75) is 64.1 Å². The highest BCUT2D eigenvalue weighted by Gasteiger charge is 2.68. The Labute approximate surface area is 180 Å². The third-order valence-corrected chi connectivity index (χ3v) is 7.57. The number of rotatable bonds is 4. The van der Waals surface area contributed by atoms with Gasteiger partial charge in [0.2, 0.25) is 5.91 Å². The molecule has 5 nitrogen and oxygen atoms in total. The minimum absolute atomic E-state index is 0.0685. The molecule has 2 bridgehead atoms. The number of hydrogen-bond acceptors (Lipinski definition) is 4. The highest BCUT2D eigenvalue weighted by Crippen LogP contribution is 2.68. The lowest BCUT2D eigenvalue weighted by Crippen LogP contribution is -2.62. The van der Waals surface area contributed by atoms with Gasteiger partial charge in [-0.1, -0.05) is 19.9 Å². The van der Waals surface area contributed by atoms with Gasteiger partial charge >= 0.3 is 0 Å². The van der Waals surface area contributed by atoms with Crippen LogP contribution in [0.15, 0.2) is 24.3 Å². The summed E-state index contributed by atoms with van der Waals surface area (Å²) >= 11 is 0. The van der Waals surface area contributed by atoms with Crippen molar-refractivity contribution in [3.63, 3.8) is 0 Å². The van der Waals surface area contributed by atoms with Crippen LogP contribution in [0, 0.1) is 17.0 Å². The summed E-state index contributed by atoms with van der Waals surface area (Å²) in [5.74, 6) is -1.17. The molecule has 2 aliphatic carbocycles. The van der Waals surface area contributed by atoms with Crippen molar-refractivity contribution in [1.29, 1.82) is 0 Å².